The zero-order valence-electron chi connectivity index (χ0n) is 17.6. The van der Waals surface area contributed by atoms with E-state index in [0.717, 1.165) is 17.7 Å². The van der Waals surface area contributed by atoms with Crippen LogP contribution in [0.1, 0.15) is 11.6 Å². The molecule has 1 unspecified atom stereocenters. The highest BCUT2D eigenvalue weighted by molar-refractivity contribution is 7.92. The number of hydrogen-bond acceptors (Lipinski definition) is 6. The van der Waals surface area contributed by atoms with Gasteiger partial charge in [0.2, 0.25) is 11.8 Å². The minimum absolute atomic E-state index is 0.181. The second kappa shape index (κ2) is 10.9. The molecular weight excluding hydrogens is 425 g/mol. The molecule has 0 bridgehead atoms. The normalized spacial score (nSPS) is 12.3. The van der Waals surface area contributed by atoms with Crippen LogP contribution in [0.15, 0.2) is 48.5 Å². The highest BCUT2D eigenvalue weighted by Crippen LogP contribution is 2.20. The molecule has 2 aromatic rings. The number of amides is 2. The molecule has 0 aliphatic heterocycles. The molecule has 0 aromatic heterocycles. The predicted molar refractivity (Wildman–Crippen MR) is 116 cm³/mol. The van der Waals surface area contributed by atoms with E-state index in [-0.39, 0.29) is 18.3 Å². The lowest BCUT2D eigenvalue weighted by Gasteiger charge is -2.25. The molecule has 2 aromatic carbocycles. The largest absolute Gasteiger partial charge is 0.497 e. The van der Waals surface area contributed by atoms with Crippen molar-refractivity contribution in [1.82, 2.24) is 10.2 Å². The van der Waals surface area contributed by atoms with Crippen LogP contribution in [0.3, 0.4) is 0 Å². The van der Waals surface area contributed by atoms with E-state index in [1.54, 1.807) is 19.2 Å². The van der Waals surface area contributed by atoms with Crippen LogP contribution in [-0.2, 0) is 19.4 Å². The zero-order valence-corrected chi connectivity index (χ0v) is 18.4. The van der Waals surface area contributed by atoms with Crippen molar-refractivity contribution in [1.29, 1.82) is 0 Å². The van der Waals surface area contributed by atoms with Gasteiger partial charge in [0, 0.05) is 12.2 Å². The summed E-state index contributed by atoms with van der Waals surface area (Å²) in [7, 11) is 1.28. The Kier molecular flexibility index (Phi) is 8.52. The summed E-state index contributed by atoms with van der Waals surface area (Å²) in [6, 6.07) is 12.1. The number of hydrogen-bond donors (Lipinski definition) is 2. The fourth-order valence-corrected chi connectivity index (χ4v) is 3.94. The third kappa shape index (κ3) is 7.99. The molecule has 0 saturated carbocycles. The number of sulfone groups is 1. The zero-order chi connectivity index (χ0) is 23.0. The quantitative estimate of drug-likeness (QED) is 0.569. The molecule has 1 atom stereocenters. The lowest BCUT2D eigenvalue weighted by atomic mass is 10.1. The first-order valence-corrected chi connectivity index (χ1v) is 11.2. The van der Waals surface area contributed by atoms with Gasteiger partial charge in [-0.15, -0.1) is 0 Å². The van der Waals surface area contributed by atoms with Gasteiger partial charge in [-0.2, -0.15) is 0 Å². The minimum atomic E-state index is -3.98. The predicted octanol–water partition coefficient (Wildman–Crippen LogP) is 1.61. The van der Waals surface area contributed by atoms with Gasteiger partial charge in [0.05, 0.1) is 13.2 Å². The number of methoxy groups -OCH3 is 1. The van der Waals surface area contributed by atoms with Crippen LogP contribution >= 0.6 is 0 Å². The molecule has 0 aliphatic rings. The number of likely N-dealkylation sites (N-methyl/N-ethyl adjacent to an activating group) is 1. The molecule has 2 rings (SSSR count). The molecule has 8 nitrogen and oxygen atoms in total. The molecule has 0 radical (unpaired) electrons. The summed E-state index contributed by atoms with van der Waals surface area (Å²) in [5, 5.41) is 4.97. The maximum Gasteiger partial charge on any atom is 0.239 e. The van der Waals surface area contributed by atoms with Crippen molar-refractivity contribution in [3.8, 4) is 5.75 Å². The van der Waals surface area contributed by atoms with Crippen molar-refractivity contribution >= 4 is 27.3 Å². The van der Waals surface area contributed by atoms with Gasteiger partial charge in [0.1, 0.15) is 23.1 Å². The number of nitrogens with zero attached hydrogens (tertiary/aromatic N) is 1. The monoisotopic (exact) mass is 451 g/mol. The number of anilines is 1. The summed E-state index contributed by atoms with van der Waals surface area (Å²) in [4.78, 5) is 26.0. The van der Waals surface area contributed by atoms with Crippen molar-refractivity contribution in [2.45, 2.75) is 6.04 Å². The maximum absolute atomic E-state index is 12.9. The average Bonchev–Trinajstić information content (AvgIpc) is 2.69. The van der Waals surface area contributed by atoms with Crippen LogP contribution in [-0.4, -0.2) is 64.4 Å². The van der Waals surface area contributed by atoms with E-state index in [4.69, 9.17) is 4.74 Å². The van der Waals surface area contributed by atoms with Gasteiger partial charge in [-0.3, -0.25) is 9.59 Å². The van der Waals surface area contributed by atoms with Crippen molar-refractivity contribution in [3.05, 3.63) is 59.9 Å². The third-order valence-corrected chi connectivity index (χ3v) is 5.85. The molecule has 0 aliphatic carbocycles. The van der Waals surface area contributed by atoms with E-state index in [1.165, 1.54) is 12.1 Å². The smallest absolute Gasteiger partial charge is 0.239 e. The lowest BCUT2D eigenvalue weighted by molar-refractivity contribution is -0.118. The van der Waals surface area contributed by atoms with E-state index in [9.17, 15) is 22.4 Å². The van der Waals surface area contributed by atoms with Crippen LogP contribution in [0.4, 0.5) is 10.1 Å². The highest BCUT2D eigenvalue weighted by Gasteiger charge is 2.22. The lowest BCUT2D eigenvalue weighted by Crippen LogP contribution is -2.38. The first kappa shape index (κ1) is 24.3. The first-order chi connectivity index (χ1) is 14.6. The Morgan fingerprint density at radius 2 is 1.58 bits per heavy atom. The van der Waals surface area contributed by atoms with Gasteiger partial charge >= 0.3 is 0 Å². The van der Waals surface area contributed by atoms with Crippen molar-refractivity contribution in [2.75, 3.05) is 44.6 Å². The molecule has 2 N–H and O–H groups in total. The maximum atomic E-state index is 12.9. The van der Waals surface area contributed by atoms with Crippen molar-refractivity contribution in [3.63, 3.8) is 0 Å². The third-order valence-electron chi connectivity index (χ3n) is 4.45. The Hall–Kier alpha value is -2.98. The van der Waals surface area contributed by atoms with Crippen LogP contribution < -0.4 is 15.4 Å². The SMILES string of the molecule is COc1ccc(C(CNC(=O)CS(=O)(=O)CC(=O)Nc2ccc(F)cc2)N(C)C)cc1. The Morgan fingerprint density at radius 3 is 2.13 bits per heavy atom. The summed E-state index contributed by atoms with van der Waals surface area (Å²) in [5.74, 6) is -2.94. The second-order valence-corrected chi connectivity index (χ2v) is 9.21. The van der Waals surface area contributed by atoms with Crippen LogP contribution in [0.25, 0.3) is 0 Å². The van der Waals surface area contributed by atoms with Crippen LogP contribution in [0.5, 0.6) is 5.75 Å². The number of carbonyl (C=O) groups excluding carboxylic acids is 2. The van der Waals surface area contributed by atoms with E-state index < -0.39 is 39.0 Å². The summed E-state index contributed by atoms with van der Waals surface area (Å²) >= 11 is 0. The summed E-state index contributed by atoms with van der Waals surface area (Å²) in [6.45, 7) is 0.190. The fraction of sp³-hybridized carbons (Fsp3) is 0.333. The van der Waals surface area contributed by atoms with E-state index in [1.807, 2.05) is 31.1 Å². The van der Waals surface area contributed by atoms with Gasteiger partial charge in [0.15, 0.2) is 9.84 Å². The molecule has 0 heterocycles. The molecule has 0 fully saturated rings. The van der Waals surface area contributed by atoms with Gasteiger partial charge in [-0.25, -0.2) is 12.8 Å². The van der Waals surface area contributed by atoms with Gasteiger partial charge in [0.25, 0.3) is 0 Å². The minimum Gasteiger partial charge on any atom is -0.497 e. The van der Waals surface area contributed by atoms with E-state index in [0.29, 0.717) is 5.75 Å². The average molecular weight is 452 g/mol. The number of ether oxygens (including phenoxy) is 1. The Balaban J connectivity index is 1.89. The molecule has 31 heavy (non-hydrogen) atoms. The summed E-state index contributed by atoms with van der Waals surface area (Å²) < 4.78 is 42.5. The fourth-order valence-electron chi connectivity index (χ4n) is 2.87. The molecule has 10 heteroatoms. The van der Waals surface area contributed by atoms with E-state index >= 15 is 0 Å². The Labute approximate surface area is 181 Å². The first-order valence-electron chi connectivity index (χ1n) is 9.42. The molecule has 0 spiro atoms. The highest BCUT2D eigenvalue weighted by atomic mass is 32.2. The van der Waals surface area contributed by atoms with Crippen LogP contribution in [0, 0.1) is 5.82 Å². The number of halogens is 1. The number of nitrogens with one attached hydrogen (secondary N) is 2. The Bertz CT molecular complexity index is 993. The molecular formula is C21H26FN3O5S. The number of rotatable bonds is 10. The van der Waals surface area contributed by atoms with Gasteiger partial charge in [-0.05, 0) is 56.1 Å². The van der Waals surface area contributed by atoms with Crippen molar-refractivity contribution in [2.24, 2.45) is 0 Å². The molecule has 0 saturated heterocycles. The van der Waals surface area contributed by atoms with Gasteiger partial charge < -0.3 is 20.3 Å². The standard InChI is InChI=1S/C21H26FN3O5S/c1-25(2)19(15-4-10-18(30-3)11-5-15)12-23-20(26)13-31(28,29)14-21(27)24-17-8-6-16(22)7-9-17/h4-11,19H,12-14H2,1-3H3,(H,23,26)(H,24,27). The number of carbonyl (C=O) groups is 2. The molecule has 168 valence electrons. The summed E-state index contributed by atoms with van der Waals surface area (Å²) in [5.41, 5.74) is 1.19. The van der Waals surface area contributed by atoms with Crippen molar-refractivity contribution < 1.29 is 27.1 Å². The molecule has 2 amide bonds. The van der Waals surface area contributed by atoms with Gasteiger partial charge in [-0.1, -0.05) is 12.1 Å². The number of benzene rings is 2. The topological polar surface area (TPSA) is 105 Å². The Morgan fingerprint density at radius 1 is 1.00 bits per heavy atom. The van der Waals surface area contributed by atoms with Crippen LogP contribution in [0.2, 0.25) is 0 Å². The second-order valence-electron chi connectivity index (χ2n) is 7.14. The summed E-state index contributed by atoms with van der Waals surface area (Å²) in [6.07, 6.45) is 0. The van der Waals surface area contributed by atoms with E-state index in [2.05, 4.69) is 10.6 Å².